The van der Waals surface area contributed by atoms with Crippen molar-refractivity contribution in [3.63, 3.8) is 0 Å². The molecular formula is C24H20N4OS. The average Bonchev–Trinajstić information content (AvgIpc) is 3.41. The molecule has 0 aliphatic carbocycles. The van der Waals surface area contributed by atoms with Gasteiger partial charge in [-0.15, -0.1) is 0 Å². The molecule has 5 rings (SSSR count). The number of rotatable bonds is 5. The number of nitrogens with zero attached hydrogens (tertiary/aromatic N) is 3. The predicted octanol–water partition coefficient (Wildman–Crippen LogP) is 4.91. The third-order valence-corrected chi connectivity index (χ3v) is 5.63. The number of benzene rings is 1. The molecule has 1 aliphatic rings. The van der Waals surface area contributed by atoms with Gasteiger partial charge in [0.25, 0.3) is 0 Å². The lowest BCUT2D eigenvalue weighted by atomic mass is 10.0. The summed E-state index contributed by atoms with van der Waals surface area (Å²) < 4.78 is 6.34. The summed E-state index contributed by atoms with van der Waals surface area (Å²) >= 11 is 5.72. The first-order valence-electron chi connectivity index (χ1n) is 9.82. The normalized spacial score (nSPS) is 18.4. The molecule has 0 bridgehead atoms. The molecule has 1 saturated heterocycles. The quantitative estimate of drug-likeness (QED) is 0.470. The highest BCUT2D eigenvalue weighted by atomic mass is 32.1. The van der Waals surface area contributed by atoms with Gasteiger partial charge in [0.1, 0.15) is 17.6 Å². The van der Waals surface area contributed by atoms with E-state index in [0.717, 1.165) is 28.3 Å². The Labute approximate surface area is 180 Å². The Morgan fingerprint density at radius 1 is 0.900 bits per heavy atom. The summed E-state index contributed by atoms with van der Waals surface area (Å²) in [7, 11) is 0. The summed E-state index contributed by atoms with van der Waals surface area (Å²) in [4.78, 5) is 10.9. The predicted molar refractivity (Wildman–Crippen MR) is 119 cm³/mol. The van der Waals surface area contributed by atoms with Crippen molar-refractivity contribution >= 4 is 17.3 Å². The fourth-order valence-corrected chi connectivity index (χ4v) is 4.14. The van der Waals surface area contributed by atoms with Crippen LogP contribution in [0.25, 0.3) is 11.3 Å². The lowest BCUT2D eigenvalue weighted by molar-refractivity contribution is 0.269. The van der Waals surface area contributed by atoms with Crippen molar-refractivity contribution in [2.75, 3.05) is 0 Å². The molecule has 1 fully saturated rings. The van der Waals surface area contributed by atoms with Gasteiger partial charge in [-0.05, 0) is 54.2 Å². The van der Waals surface area contributed by atoms with Crippen LogP contribution in [-0.4, -0.2) is 20.0 Å². The first kappa shape index (κ1) is 18.5. The molecule has 1 aliphatic heterocycles. The molecule has 0 spiro atoms. The lowest BCUT2D eigenvalue weighted by Gasteiger charge is -2.26. The molecule has 148 valence electrons. The summed E-state index contributed by atoms with van der Waals surface area (Å²) in [6, 6.07) is 23.9. The largest absolute Gasteiger partial charge is 0.459 e. The summed E-state index contributed by atoms with van der Waals surface area (Å²) in [6.45, 7) is 0.656. The number of aromatic nitrogens is 2. The third kappa shape index (κ3) is 3.57. The van der Waals surface area contributed by atoms with Gasteiger partial charge in [0.15, 0.2) is 5.11 Å². The van der Waals surface area contributed by atoms with Gasteiger partial charge in [0.05, 0.1) is 11.7 Å². The topological polar surface area (TPSA) is 54.2 Å². The van der Waals surface area contributed by atoms with Gasteiger partial charge in [-0.25, -0.2) is 0 Å². The van der Waals surface area contributed by atoms with Crippen molar-refractivity contribution in [2.24, 2.45) is 0 Å². The monoisotopic (exact) mass is 412 g/mol. The SMILES string of the molecule is S=C1N[C@@H](c2ccccn2)[C@H](c2ccc(-c3ccccc3)o2)N1Cc1ccncc1. The van der Waals surface area contributed by atoms with Crippen LogP contribution in [0.15, 0.2) is 95.8 Å². The molecule has 4 aromatic rings. The van der Waals surface area contributed by atoms with Crippen LogP contribution < -0.4 is 5.32 Å². The molecule has 1 N–H and O–H groups in total. The molecule has 0 saturated carbocycles. The molecule has 0 amide bonds. The Bertz CT molecular complexity index is 1130. The summed E-state index contributed by atoms with van der Waals surface area (Å²) in [5, 5.41) is 4.14. The van der Waals surface area contributed by atoms with Crippen molar-refractivity contribution in [3.05, 3.63) is 108 Å². The maximum atomic E-state index is 6.34. The van der Waals surface area contributed by atoms with Crippen LogP contribution in [0.1, 0.15) is 29.1 Å². The molecule has 3 aromatic heterocycles. The van der Waals surface area contributed by atoms with Gasteiger partial charge in [0.2, 0.25) is 0 Å². The van der Waals surface area contributed by atoms with E-state index in [0.29, 0.717) is 11.7 Å². The van der Waals surface area contributed by atoms with Gasteiger partial charge in [-0.1, -0.05) is 36.4 Å². The summed E-state index contributed by atoms with van der Waals surface area (Å²) in [5.74, 6) is 1.69. The zero-order valence-electron chi connectivity index (χ0n) is 16.2. The summed E-state index contributed by atoms with van der Waals surface area (Å²) in [6.07, 6.45) is 5.40. The molecule has 30 heavy (non-hydrogen) atoms. The third-order valence-electron chi connectivity index (χ3n) is 5.28. The standard InChI is InChI=1S/C24H20N4OS/c30-24-27-22(19-8-4-5-13-26-19)23(28(24)16-17-11-14-25-15-12-17)21-10-9-20(29-21)18-6-2-1-3-7-18/h1-15,22-23H,16H2,(H,27,30)/t22-,23-/m0/s1. The van der Waals surface area contributed by atoms with E-state index in [1.165, 1.54) is 0 Å². The number of nitrogens with one attached hydrogen (secondary N) is 1. The van der Waals surface area contributed by atoms with Crippen molar-refractivity contribution in [1.29, 1.82) is 0 Å². The Morgan fingerprint density at radius 3 is 2.47 bits per heavy atom. The zero-order valence-corrected chi connectivity index (χ0v) is 17.0. The van der Waals surface area contributed by atoms with E-state index in [4.69, 9.17) is 16.6 Å². The molecule has 2 atom stereocenters. The highest BCUT2D eigenvalue weighted by Gasteiger charge is 2.41. The maximum Gasteiger partial charge on any atom is 0.170 e. The molecule has 0 radical (unpaired) electrons. The van der Waals surface area contributed by atoms with Gasteiger partial charge < -0.3 is 14.6 Å². The van der Waals surface area contributed by atoms with E-state index in [9.17, 15) is 0 Å². The maximum absolute atomic E-state index is 6.34. The molecule has 0 unspecified atom stereocenters. The number of hydrogen-bond donors (Lipinski definition) is 1. The highest BCUT2D eigenvalue weighted by molar-refractivity contribution is 7.80. The highest BCUT2D eigenvalue weighted by Crippen LogP contribution is 2.41. The zero-order chi connectivity index (χ0) is 20.3. The smallest absolute Gasteiger partial charge is 0.170 e. The molecule has 4 heterocycles. The minimum atomic E-state index is -0.113. The van der Waals surface area contributed by atoms with Crippen LogP contribution in [-0.2, 0) is 6.54 Å². The molecule has 5 nitrogen and oxygen atoms in total. The van der Waals surface area contributed by atoms with E-state index in [1.54, 1.807) is 18.6 Å². The van der Waals surface area contributed by atoms with E-state index in [2.05, 4.69) is 20.2 Å². The van der Waals surface area contributed by atoms with Crippen LogP contribution in [0.3, 0.4) is 0 Å². The van der Waals surface area contributed by atoms with E-state index in [-0.39, 0.29) is 12.1 Å². The van der Waals surface area contributed by atoms with Crippen LogP contribution in [0.2, 0.25) is 0 Å². The molecular weight excluding hydrogens is 392 g/mol. The second-order valence-corrected chi connectivity index (χ2v) is 7.56. The van der Waals surface area contributed by atoms with Gasteiger partial charge in [-0.2, -0.15) is 0 Å². The van der Waals surface area contributed by atoms with Crippen molar-refractivity contribution in [3.8, 4) is 11.3 Å². The number of thiocarbonyl (C=S) groups is 1. The van der Waals surface area contributed by atoms with Gasteiger partial charge in [-0.3, -0.25) is 9.97 Å². The second kappa shape index (κ2) is 8.08. The molecule has 6 heteroatoms. The molecule has 1 aromatic carbocycles. The van der Waals surface area contributed by atoms with Crippen LogP contribution >= 0.6 is 12.2 Å². The second-order valence-electron chi connectivity index (χ2n) is 7.18. The Hall–Kier alpha value is -3.51. The first-order valence-corrected chi connectivity index (χ1v) is 10.2. The summed E-state index contributed by atoms with van der Waals surface area (Å²) in [5.41, 5.74) is 3.11. The Kier molecular flexibility index (Phi) is 4.99. The van der Waals surface area contributed by atoms with Crippen molar-refractivity contribution < 1.29 is 4.42 Å². The fraction of sp³-hybridized carbons (Fsp3) is 0.125. The van der Waals surface area contributed by atoms with Crippen LogP contribution in [0.5, 0.6) is 0 Å². The van der Waals surface area contributed by atoms with Gasteiger partial charge >= 0.3 is 0 Å². The lowest BCUT2D eigenvalue weighted by Crippen LogP contribution is -2.29. The van der Waals surface area contributed by atoms with Crippen molar-refractivity contribution in [1.82, 2.24) is 20.2 Å². The van der Waals surface area contributed by atoms with E-state index in [1.807, 2.05) is 72.8 Å². The number of furan rings is 1. The minimum absolute atomic E-state index is 0.102. The van der Waals surface area contributed by atoms with Crippen molar-refractivity contribution in [2.45, 2.75) is 18.6 Å². The van der Waals surface area contributed by atoms with Gasteiger partial charge in [0, 0.05) is 30.7 Å². The van der Waals surface area contributed by atoms with E-state index < -0.39 is 0 Å². The van der Waals surface area contributed by atoms with Crippen LogP contribution in [0.4, 0.5) is 0 Å². The number of pyridine rings is 2. The average molecular weight is 413 g/mol. The fourth-order valence-electron chi connectivity index (χ4n) is 3.84. The number of hydrogen-bond acceptors (Lipinski definition) is 4. The Morgan fingerprint density at radius 2 is 1.70 bits per heavy atom. The Balaban J connectivity index is 1.54. The first-order chi connectivity index (χ1) is 14.8. The van der Waals surface area contributed by atoms with E-state index >= 15 is 0 Å². The minimum Gasteiger partial charge on any atom is -0.459 e. The van der Waals surface area contributed by atoms with Crippen LogP contribution in [0, 0.1) is 0 Å².